The lowest BCUT2D eigenvalue weighted by Crippen LogP contribution is -2.28. The summed E-state index contributed by atoms with van der Waals surface area (Å²) in [5.41, 5.74) is 1.98. The van der Waals surface area contributed by atoms with Crippen LogP contribution in [0.15, 0.2) is 6.20 Å². The number of carbonyl (C=O) groups is 1. The highest BCUT2D eigenvalue weighted by Crippen LogP contribution is 2.35. The van der Waals surface area contributed by atoms with Gasteiger partial charge in [-0.25, -0.2) is 9.97 Å². The Morgan fingerprint density at radius 2 is 2.18 bits per heavy atom. The molecule has 0 atom stereocenters. The van der Waals surface area contributed by atoms with E-state index in [0.717, 1.165) is 22.1 Å². The zero-order chi connectivity index (χ0) is 15.7. The van der Waals surface area contributed by atoms with E-state index >= 15 is 0 Å². The van der Waals surface area contributed by atoms with Crippen LogP contribution in [-0.4, -0.2) is 27.0 Å². The molecule has 1 fully saturated rings. The Bertz CT molecular complexity index is 684. The minimum Gasteiger partial charge on any atom is -0.349 e. The van der Waals surface area contributed by atoms with E-state index in [-0.39, 0.29) is 5.91 Å². The molecule has 0 unspecified atom stereocenters. The van der Waals surface area contributed by atoms with Gasteiger partial charge in [0.15, 0.2) is 0 Å². The first-order valence-corrected chi connectivity index (χ1v) is 8.62. The molecular formula is C16H22N4OS. The molecule has 0 spiro atoms. The zero-order valence-electron chi connectivity index (χ0n) is 13.3. The van der Waals surface area contributed by atoms with Gasteiger partial charge in [0.05, 0.1) is 10.7 Å². The Balaban J connectivity index is 1.60. The second kappa shape index (κ2) is 6.20. The number of nitrogens with zero attached hydrogens (tertiary/aromatic N) is 3. The third kappa shape index (κ3) is 2.92. The van der Waals surface area contributed by atoms with Crippen molar-refractivity contribution in [1.82, 2.24) is 19.9 Å². The first-order chi connectivity index (χ1) is 10.6. The van der Waals surface area contributed by atoms with Crippen molar-refractivity contribution in [2.75, 3.05) is 6.54 Å². The number of carbonyl (C=O) groups excluding carboxylic acids is 1. The van der Waals surface area contributed by atoms with Gasteiger partial charge < -0.3 is 9.88 Å². The molecule has 1 saturated carbocycles. The summed E-state index contributed by atoms with van der Waals surface area (Å²) >= 11 is 1.45. The number of thiazole rings is 1. The Labute approximate surface area is 134 Å². The number of aromatic nitrogens is 3. The molecule has 0 aliphatic heterocycles. The standard InChI is InChI=1S/C16H22N4OS/c1-10-9-18-15(13-5-4-6-13)20(10)8-7-17-16(21)14-11(2)19-12(3)22-14/h9,13H,4-8H2,1-3H3,(H,17,21). The van der Waals surface area contributed by atoms with Crippen molar-refractivity contribution < 1.29 is 4.79 Å². The first kappa shape index (κ1) is 15.2. The van der Waals surface area contributed by atoms with Gasteiger partial charge in [0, 0.05) is 30.9 Å². The van der Waals surface area contributed by atoms with Gasteiger partial charge in [-0.3, -0.25) is 4.79 Å². The molecule has 0 aromatic carbocycles. The highest BCUT2D eigenvalue weighted by Gasteiger charge is 2.24. The first-order valence-electron chi connectivity index (χ1n) is 7.80. The molecule has 2 aromatic rings. The van der Waals surface area contributed by atoms with Crippen LogP contribution in [-0.2, 0) is 6.54 Å². The topological polar surface area (TPSA) is 59.8 Å². The molecule has 0 saturated heterocycles. The number of nitrogens with one attached hydrogen (secondary N) is 1. The fourth-order valence-corrected chi connectivity index (χ4v) is 3.70. The third-order valence-corrected chi connectivity index (χ3v) is 5.36. The predicted molar refractivity (Wildman–Crippen MR) is 87.5 cm³/mol. The summed E-state index contributed by atoms with van der Waals surface area (Å²) in [4.78, 5) is 21.8. The molecule has 6 heteroatoms. The molecule has 1 aliphatic carbocycles. The van der Waals surface area contributed by atoms with Crippen molar-refractivity contribution in [3.63, 3.8) is 0 Å². The zero-order valence-corrected chi connectivity index (χ0v) is 14.2. The Kier molecular flexibility index (Phi) is 4.29. The summed E-state index contributed by atoms with van der Waals surface area (Å²) in [6.07, 6.45) is 5.72. The maximum atomic E-state index is 12.2. The highest BCUT2D eigenvalue weighted by molar-refractivity contribution is 7.13. The lowest BCUT2D eigenvalue weighted by molar-refractivity contribution is 0.0955. The molecule has 1 amide bonds. The third-order valence-electron chi connectivity index (χ3n) is 4.29. The maximum Gasteiger partial charge on any atom is 0.263 e. The molecule has 0 bridgehead atoms. The fourth-order valence-electron chi connectivity index (χ4n) is 2.87. The lowest BCUT2D eigenvalue weighted by atomic mass is 9.85. The summed E-state index contributed by atoms with van der Waals surface area (Å²) in [5.74, 6) is 1.77. The van der Waals surface area contributed by atoms with E-state index < -0.39 is 0 Å². The number of amides is 1. The highest BCUT2D eigenvalue weighted by atomic mass is 32.1. The molecular weight excluding hydrogens is 296 g/mol. The van der Waals surface area contributed by atoms with Crippen LogP contribution in [0, 0.1) is 20.8 Å². The van der Waals surface area contributed by atoms with E-state index in [4.69, 9.17) is 0 Å². The van der Waals surface area contributed by atoms with Crippen LogP contribution in [0.2, 0.25) is 0 Å². The van der Waals surface area contributed by atoms with Gasteiger partial charge in [0.2, 0.25) is 0 Å². The van der Waals surface area contributed by atoms with Crippen LogP contribution < -0.4 is 5.32 Å². The van der Waals surface area contributed by atoms with Crippen molar-refractivity contribution in [3.8, 4) is 0 Å². The number of rotatable bonds is 5. The van der Waals surface area contributed by atoms with Gasteiger partial charge in [0.25, 0.3) is 5.91 Å². The average Bonchev–Trinajstić information content (AvgIpc) is 2.92. The van der Waals surface area contributed by atoms with Crippen molar-refractivity contribution >= 4 is 17.2 Å². The monoisotopic (exact) mass is 318 g/mol. The summed E-state index contributed by atoms with van der Waals surface area (Å²) in [5, 5.41) is 3.93. The maximum absolute atomic E-state index is 12.2. The van der Waals surface area contributed by atoms with Crippen molar-refractivity contribution in [1.29, 1.82) is 0 Å². The number of imidazole rings is 1. The number of aryl methyl sites for hydroxylation is 3. The molecule has 1 aliphatic rings. The fraction of sp³-hybridized carbons (Fsp3) is 0.562. The van der Waals surface area contributed by atoms with Crippen LogP contribution in [0.4, 0.5) is 0 Å². The molecule has 0 radical (unpaired) electrons. The van der Waals surface area contributed by atoms with Gasteiger partial charge in [-0.05, 0) is 33.6 Å². The summed E-state index contributed by atoms with van der Waals surface area (Å²) in [6, 6.07) is 0. The van der Waals surface area contributed by atoms with Crippen molar-refractivity contribution in [2.45, 2.75) is 52.5 Å². The summed E-state index contributed by atoms with van der Waals surface area (Å²) in [6.45, 7) is 7.28. The van der Waals surface area contributed by atoms with E-state index in [2.05, 4.69) is 26.8 Å². The van der Waals surface area contributed by atoms with Gasteiger partial charge >= 0.3 is 0 Å². The normalized spacial score (nSPS) is 14.9. The largest absolute Gasteiger partial charge is 0.349 e. The Morgan fingerprint density at radius 1 is 1.41 bits per heavy atom. The molecule has 5 nitrogen and oxygen atoms in total. The summed E-state index contributed by atoms with van der Waals surface area (Å²) < 4.78 is 2.24. The smallest absolute Gasteiger partial charge is 0.263 e. The quantitative estimate of drug-likeness (QED) is 0.922. The van der Waals surface area contributed by atoms with Crippen LogP contribution in [0.25, 0.3) is 0 Å². The second-order valence-electron chi connectivity index (χ2n) is 5.94. The lowest BCUT2D eigenvalue weighted by Gasteiger charge is -2.26. The molecule has 3 rings (SSSR count). The Morgan fingerprint density at radius 3 is 2.77 bits per heavy atom. The van der Waals surface area contributed by atoms with E-state index in [9.17, 15) is 4.79 Å². The second-order valence-corrected chi connectivity index (χ2v) is 7.14. The predicted octanol–water partition coefficient (Wildman–Crippen LogP) is 2.96. The van der Waals surface area contributed by atoms with E-state index in [1.54, 1.807) is 0 Å². The molecule has 1 N–H and O–H groups in total. The molecule has 2 aromatic heterocycles. The molecule has 22 heavy (non-hydrogen) atoms. The van der Waals surface area contributed by atoms with Crippen LogP contribution in [0.1, 0.15) is 57.1 Å². The van der Waals surface area contributed by atoms with Crippen LogP contribution >= 0.6 is 11.3 Å². The van der Waals surface area contributed by atoms with E-state index in [1.165, 1.54) is 42.1 Å². The van der Waals surface area contributed by atoms with Gasteiger partial charge in [-0.15, -0.1) is 11.3 Å². The SMILES string of the molecule is Cc1nc(C)c(C(=O)NCCn2c(C)cnc2C2CCC2)s1. The number of hydrogen-bond acceptors (Lipinski definition) is 4. The van der Waals surface area contributed by atoms with Gasteiger partial charge in [-0.2, -0.15) is 0 Å². The van der Waals surface area contributed by atoms with E-state index in [1.807, 2.05) is 20.0 Å². The van der Waals surface area contributed by atoms with E-state index in [0.29, 0.717) is 12.5 Å². The summed E-state index contributed by atoms with van der Waals surface area (Å²) in [7, 11) is 0. The van der Waals surface area contributed by atoms with Crippen molar-refractivity contribution in [2.24, 2.45) is 0 Å². The van der Waals surface area contributed by atoms with Crippen LogP contribution in [0.5, 0.6) is 0 Å². The van der Waals surface area contributed by atoms with Gasteiger partial charge in [-0.1, -0.05) is 6.42 Å². The van der Waals surface area contributed by atoms with Crippen molar-refractivity contribution in [3.05, 3.63) is 33.3 Å². The molecule has 118 valence electrons. The molecule has 2 heterocycles. The Hall–Kier alpha value is -1.69. The van der Waals surface area contributed by atoms with Gasteiger partial charge in [0.1, 0.15) is 10.7 Å². The number of hydrogen-bond donors (Lipinski definition) is 1. The van der Waals surface area contributed by atoms with Crippen LogP contribution in [0.3, 0.4) is 0 Å². The minimum atomic E-state index is -0.0222. The minimum absolute atomic E-state index is 0.0222. The average molecular weight is 318 g/mol.